The maximum absolute atomic E-state index is 11.5. The van der Waals surface area contributed by atoms with E-state index in [2.05, 4.69) is 10.6 Å². The Hall–Kier alpha value is -2.44. The summed E-state index contributed by atoms with van der Waals surface area (Å²) in [5.74, 6) is -0.360. The fourth-order valence-electron chi connectivity index (χ4n) is 1.76. The zero-order chi connectivity index (χ0) is 16.0. The van der Waals surface area contributed by atoms with Gasteiger partial charge in [-0.2, -0.15) is 0 Å². The number of rotatable bonds is 7. The van der Waals surface area contributed by atoms with Crippen LogP contribution in [-0.4, -0.2) is 29.2 Å². The van der Waals surface area contributed by atoms with E-state index < -0.39 is 4.92 Å². The van der Waals surface area contributed by atoms with Crippen molar-refractivity contribution in [2.75, 3.05) is 11.9 Å². The average Bonchev–Trinajstić information content (AvgIpc) is 2.37. The van der Waals surface area contributed by atoms with Gasteiger partial charge in [0.25, 0.3) is 5.69 Å². The van der Waals surface area contributed by atoms with E-state index in [-0.39, 0.29) is 41.9 Å². The quantitative estimate of drug-likeness (QED) is 0.455. The molecule has 7 heteroatoms. The van der Waals surface area contributed by atoms with Crippen LogP contribution in [-0.2, 0) is 4.79 Å². The van der Waals surface area contributed by atoms with Crippen molar-refractivity contribution in [2.24, 2.45) is 0 Å². The Kier molecular flexibility index (Phi) is 5.83. The summed E-state index contributed by atoms with van der Waals surface area (Å²) in [5, 5.41) is 16.6. The molecular formula is C14H19N3O4. The molecule has 1 rings (SSSR count). The number of Topliss-reactive ketones (excluding diaryl/α,β-unsaturated/α-hetero) is 1. The van der Waals surface area contributed by atoms with Crippen LogP contribution in [0.15, 0.2) is 18.2 Å². The van der Waals surface area contributed by atoms with Crippen LogP contribution in [0.2, 0.25) is 0 Å². The second-order valence-corrected chi connectivity index (χ2v) is 4.94. The SMILES string of the molecule is CC(=O)c1ccc(NCCC(=O)NC(C)C)c([N+](=O)[O-])c1. The van der Waals surface area contributed by atoms with E-state index in [0.717, 1.165) is 0 Å². The Morgan fingerprint density at radius 3 is 2.52 bits per heavy atom. The highest BCUT2D eigenvalue weighted by Gasteiger charge is 2.16. The molecule has 0 saturated heterocycles. The van der Waals surface area contributed by atoms with Crippen molar-refractivity contribution in [1.82, 2.24) is 5.32 Å². The summed E-state index contributed by atoms with van der Waals surface area (Å²) in [5.41, 5.74) is 0.402. The van der Waals surface area contributed by atoms with Crippen molar-refractivity contribution >= 4 is 23.1 Å². The fourth-order valence-corrected chi connectivity index (χ4v) is 1.76. The minimum atomic E-state index is -0.553. The summed E-state index contributed by atoms with van der Waals surface area (Å²) < 4.78 is 0. The maximum Gasteiger partial charge on any atom is 0.293 e. The molecule has 1 amide bonds. The minimum Gasteiger partial charge on any atom is -0.379 e. The van der Waals surface area contributed by atoms with E-state index >= 15 is 0 Å². The van der Waals surface area contributed by atoms with Crippen LogP contribution in [0.5, 0.6) is 0 Å². The van der Waals surface area contributed by atoms with Crippen LogP contribution in [0.4, 0.5) is 11.4 Å². The van der Waals surface area contributed by atoms with Crippen molar-refractivity contribution in [3.63, 3.8) is 0 Å². The summed E-state index contributed by atoms with van der Waals surface area (Å²) in [6.45, 7) is 5.34. The van der Waals surface area contributed by atoms with Crippen molar-refractivity contribution in [1.29, 1.82) is 0 Å². The standard InChI is InChI=1S/C14H19N3O4/c1-9(2)16-14(19)6-7-15-12-5-4-11(10(3)18)8-13(12)17(20)21/h4-5,8-9,15H,6-7H2,1-3H3,(H,16,19). The molecule has 0 saturated carbocycles. The smallest absolute Gasteiger partial charge is 0.293 e. The first-order valence-electron chi connectivity index (χ1n) is 6.64. The van der Waals surface area contributed by atoms with Gasteiger partial charge in [0, 0.05) is 30.6 Å². The predicted molar refractivity (Wildman–Crippen MR) is 79.5 cm³/mol. The van der Waals surface area contributed by atoms with Crippen molar-refractivity contribution in [2.45, 2.75) is 33.2 Å². The monoisotopic (exact) mass is 293 g/mol. The van der Waals surface area contributed by atoms with E-state index in [4.69, 9.17) is 0 Å². The van der Waals surface area contributed by atoms with Gasteiger partial charge in [-0.3, -0.25) is 19.7 Å². The summed E-state index contributed by atoms with van der Waals surface area (Å²) in [6, 6.07) is 4.29. The van der Waals surface area contributed by atoms with Crippen molar-refractivity contribution in [3.8, 4) is 0 Å². The van der Waals surface area contributed by atoms with Gasteiger partial charge in [-0.25, -0.2) is 0 Å². The summed E-state index contributed by atoms with van der Waals surface area (Å²) in [4.78, 5) is 33.2. The molecule has 0 aliphatic heterocycles. The predicted octanol–water partition coefficient (Wildman–Crippen LogP) is 2.12. The number of amides is 1. The Morgan fingerprint density at radius 1 is 1.33 bits per heavy atom. The highest BCUT2D eigenvalue weighted by atomic mass is 16.6. The molecule has 0 aliphatic carbocycles. The van der Waals surface area contributed by atoms with Gasteiger partial charge >= 0.3 is 0 Å². The van der Waals surface area contributed by atoms with Crippen molar-refractivity contribution in [3.05, 3.63) is 33.9 Å². The lowest BCUT2D eigenvalue weighted by atomic mass is 10.1. The topological polar surface area (TPSA) is 101 Å². The Balaban J connectivity index is 2.73. The Bertz CT molecular complexity index is 555. The van der Waals surface area contributed by atoms with Gasteiger partial charge in [0.05, 0.1) is 4.92 Å². The molecule has 1 aromatic rings. The van der Waals surface area contributed by atoms with Crippen LogP contribution in [0, 0.1) is 10.1 Å². The third-order valence-corrected chi connectivity index (χ3v) is 2.72. The number of nitro groups is 1. The number of nitrogens with one attached hydrogen (secondary N) is 2. The molecule has 0 unspecified atom stereocenters. The molecule has 0 atom stereocenters. The molecule has 0 aliphatic rings. The molecule has 1 aromatic carbocycles. The molecule has 0 aromatic heterocycles. The van der Waals surface area contributed by atoms with Gasteiger partial charge in [0.15, 0.2) is 5.78 Å². The molecule has 2 N–H and O–H groups in total. The molecule has 114 valence electrons. The van der Waals surface area contributed by atoms with Crippen LogP contribution in [0.1, 0.15) is 37.6 Å². The maximum atomic E-state index is 11.5. The molecule has 0 heterocycles. The van der Waals surface area contributed by atoms with Crippen molar-refractivity contribution < 1.29 is 14.5 Å². The average molecular weight is 293 g/mol. The second-order valence-electron chi connectivity index (χ2n) is 4.94. The van der Waals surface area contributed by atoms with Gasteiger partial charge in [0.2, 0.25) is 5.91 Å². The highest BCUT2D eigenvalue weighted by molar-refractivity contribution is 5.95. The van der Waals surface area contributed by atoms with Crippen LogP contribution < -0.4 is 10.6 Å². The Labute approximate surface area is 122 Å². The first-order chi connectivity index (χ1) is 9.81. The van der Waals surface area contributed by atoms with Crippen LogP contribution >= 0.6 is 0 Å². The third-order valence-electron chi connectivity index (χ3n) is 2.72. The van der Waals surface area contributed by atoms with Gasteiger partial charge in [-0.05, 0) is 32.9 Å². The summed E-state index contributed by atoms with van der Waals surface area (Å²) in [7, 11) is 0. The van der Waals surface area contributed by atoms with Gasteiger partial charge in [-0.1, -0.05) is 0 Å². The Morgan fingerprint density at radius 2 is 2.00 bits per heavy atom. The van der Waals surface area contributed by atoms with E-state index in [9.17, 15) is 19.7 Å². The lowest BCUT2D eigenvalue weighted by Crippen LogP contribution is -2.31. The molecule has 0 spiro atoms. The highest BCUT2D eigenvalue weighted by Crippen LogP contribution is 2.25. The van der Waals surface area contributed by atoms with E-state index in [1.165, 1.54) is 25.1 Å². The number of carbonyl (C=O) groups excluding carboxylic acids is 2. The number of hydrogen-bond donors (Lipinski definition) is 2. The molecule has 21 heavy (non-hydrogen) atoms. The largest absolute Gasteiger partial charge is 0.379 e. The first kappa shape index (κ1) is 16.6. The second kappa shape index (κ2) is 7.37. The first-order valence-corrected chi connectivity index (χ1v) is 6.64. The number of ketones is 1. The van der Waals surface area contributed by atoms with E-state index in [0.29, 0.717) is 5.69 Å². The number of anilines is 1. The number of carbonyl (C=O) groups is 2. The lowest BCUT2D eigenvalue weighted by molar-refractivity contribution is -0.384. The number of nitro benzene ring substituents is 1. The zero-order valence-corrected chi connectivity index (χ0v) is 12.3. The van der Waals surface area contributed by atoms with Crippen LogP contribution in [0.3, 0.4) is 0 Å². The summed E-state index contributed by atoms with van der Waals surface area (Å²) >= 11 is 0. The van der Waals surface area contributed by atoms with Gasteiger partial charge in [0.1, 0.15) is 5.69 Å². The molecule has 0 bridgehead atoms. The normalized spacial score (nSPS) is 10.3. The third kappa shape index (κ3) is 5.21. The molecule has 7 nitrogen and oxygen atoms in total. The van der Waals surface area contributed by atoms with Gasteiger partial charge in [-0.15, -0.1) is 0 Å². The van der Waals surface area contributed by atoms with Gasteiger partial charge < -0.3 is 10.6 Å². The molecular weight excluding hydrogens is 274 g/mol. The number of benzene rings is 1. The zero-order valence-electron chi connectivity index (χ0n) is 12.3. The van der Waals surface area contributed by atoms with Crippen LogP contribution in [0.25, 0.3) is 0 Å². The fraction of sp³-hybridized carbons (Fsp3) is 0.429. The lowest BCUT2D eigenvalue weighted by Gasteiger charge is -2.10. The van der Waals surface area contributed by atoms with E-state index in [1.807, 2.05) is 13.8 Å². The van der Waals surface area contributed by atoms with E-state index in [1.54, 1.807) is 0 Å². The minimum absolute atomic E-state index is 0.0571. The summed E-state index contributed by atoms with van der Waals surface area (Å²) in [6.07, 6.45) is 0.212. The molecule has 0 fully saturated rings. The number of hydrogen-bond acceptors (Lipinski definition) is 5. The molecule has 0 radical (unpaired) electrons. The number of nitrogens with zero attached hydrogens (tertiary/aromatic N) is 1.